The molecule has 1 aliphatic rings. The summed E-state index contributed by atoms with van der Waals surface area (Å²) >= 11 is 0. The Balaban J connectivity index is 0.00000312. The maximum Gasteiger partial charge on any atom is 0.191 e. The standard InChI is InChI=1S/C18H30N4O2.HI/c1-19-18(20-11-13-6-7-13)21-12-15(22(2)3)14-8-9-16(23-4)17(10-14)24-5;/h8-10,13,15H,6-7,11-12H2,1-5H3,(H2,19,20,21);1H. The zero-order valence-corrected chi connectivity index (χ0v) is 18.2. The Hall–Kier alpha value is -1.22. The van der Waals surface area contributed by atoms with Gasteiger partial charge in [0, 0.05) is 20.1 Å². The molecule has 2 rings (SSSR count). The summed E-state index contributed by atoms with van der Waals surface area (Å²) < 4.78 is 10.7. The highest BCUT2D eigenvalue weighted by atomic mass is 127. The molecule has 0 saturated heterocycles. The van der Waals surface area contributed by atoms with Gasteiger partial charge in [-0.3, -0.25) is 4.99 Å². The molecule has 6 nitrogen and oxygen atoms in total. The normalized spacial score (nSPS) is 15.4. The number of benzene rings is 1. The Morgan fingerprint density at radius 1 is 1.20 bits per heavy atom. The number of halogens is 1. The summed E-state index contributed by atoms with van der Waals surface area (Å²) in [5.74, 6) is 3.17. The maximum atomic E-state index is 5.43. The van der Waals surface area contributed by atoms with E-state index in [-0.39, 0.29) is 30.0 Å². The van der Waals surface area contributed by atoms with E-state index in [1.54, 1.807) is 14.2 Å². The molecule has 2 N–H and O–H groups in total. The molecule has 1 aromatic rings. The van der Waals surface area contributed by atoms with Gasteiger partial charge in [0.1, 0.15) is 0 Å². The fraction of sp³-hybridized carbons (Fsp3) is 0.611. The van der Waals surface area contributed by atoms with E-state index in [4.69, 9.17) is 9.47 Å². The van der Waals surface area contributed by atoms with E-state index >= 15 is 0 Å². The molecule has 1 unspecified atom stereocenters. The number of ether oxygens (including phenoxy) is 2. The van der Waals surface area contributed by atoms with Gasteiger partial charge in [-0.25, -0.2) is 0 Å². The Morgan fingerprint density at radius 3 is 2.40 bits per heavy atom. The lowest BCUT2D eigenvalue weighted by molar-refractivity contribution is 0.295. The van der Waals surface area contributed by atoms with Crippen LogP contribution in [0.15, 0.2) is 23.2 Å². The van der Waals surface area contributed by atoms with Crippen molar-refractivity contribution in [1.82, 2.24) is 15.5 Å². The third-order valence-corrected chi connectivity index (χ3v) is 4.36. The number of aliphatic imine (C=N–C) groups is 1. The first-order chi connectivity index (χ1) is 11.6. The molecule has 1 aliphatic carbocycles. The topological polar surface area (TPSA) is 58.1 Å². The summed E-state index contributed by atoms with van der Waals surface area (Å²) in [6.07, 6.45) is 2.66. The average molecular weight is 462 g/mol. The van der Waals surface area contributed by atoms with Crippen molar-refractivity contribution in [2.45, 2.75) is 18.9 Å². The van der Waals surface area contributed by atoms with Crippen molar-refractivity contribution in [2.24, 2.45) is 10.9 Å². The minimum Gasteiger partial charge on any atom is -0.493 e. The molecule has 1 saturated carbocycles. The van der Waals surface area contributed by atoms with Crippen LogP contribution in [0.4, 0.5) is 0 Å². The molecule has 0 spiro atoms. The lowest BCUT2D eigenvalue weighted by Crippen LogP contribution is -2.42. The molecule has 25 heavy (non-hydrogen) atoms. The predicted molar refractivity (Wildman–Crippen MR) is 113 cm³/mol. The van der Waals surface area contributed by atoms with Crippen LogP contribution in [-0.4, -0.2) is 59.3 Å². The number of hydrogen-bond donors (Lipinski definition) is 2. The molecule has 0 heterocycles. The number of methoxy groups -OCH3 is 2. The quantitative estimate of drug-likeness (QED) is 0.353. The molecule has 7 heteroatoms. The molecule has 142 valence electrons. The van der Waals surface area contributed by atoms with E-state index < -0.39 is 0 Å². The zero-order chi connectivity index (χ0) is 17.5. The molecular weight excluding hydrogens is 431 g/mol. The van der Waals surface area contributed by atoms with Crippen molar-refractivity contribution < 1.29 is 9.47 Å². The minimum atomic E-state index is 0. The van der Waals surface area contributed by atoms with Crippen LogP contribution in [0.2, 0.25) is 0 Å². The number of rotatable bonds is 8. The van der Waals surface area contributed by atoms with E-state index in [0.29, 0.717) is 0 Å². The Morgan fingerprint density at radius 2 is 1.88 bits per heavy atom. The van der Waals surface area contributed by atoms with Crippen LogP contribution in [0.1, 0.15) is 24.4 Å². The minimum absolute atomic E-state index is 0. The van der Waals surface area contributed by atoms with Gasteiger partial charge in [0.15, 0.2) is 17.5 Å². The second-order valence-electron chi connectivity index (χ2n) is 6.37. The molecule has 0 aliphatic heterocycles. The van der Waals surface area contributed by atoms with Gasteiger partial charge in [-0.2, -0.15) is 0 Å². The average Bonchev–Trinajstić information content (AvgIpc) is 3.41. The summed E-state index contributed by atoms with van der Waals surface area (Å²) in [6.45, 7) is 1.76. The lowest BCUT2D eigenvalue weighted by Gasteiger charge is -2.26. The highest BCUT2D eigenvalue weighted by Gasteiger charge is 2.21. The summed E-state index contributed by atoms with van der Waals surface area (Å²) in [5.41, 5.74) is 1.17. The number of likely N-dealkylation sites (N-methyl/N-ethyl adjacent to an activating group) is 1. The van der Waals surface area contributed by atoms with Gasteiger partial charge in [0.2, 0.25) is 0 Å². The first kappa shape index (κ1) is 21.8. The van der Waals surface area contributed by atoms with Crippen LogP contribution >= 0.6 is 24.0 Å². The molecule has 0 radical (unpaired) electrons. The van der Waals surface area contributed by atoms with Crippen molar-refractivity contribution in [3.05, 3.63) is 23.8 Å². The van der Waals surface area contributed by atoms with Gasteiger partial charge in [-0.1, -0.05) is 6.07 Å². The van der Waals surface area contributed by atoms with Gasteiger partial charge in [0.25, 0.3) is 0 Å². The summed E-state index contributed by atoms with van der Waals surface area (Å²) in [6, 6.07) is 6.26. The van der Waals surface area contributed by atoms with Crippen LogP contribution in [-0.2, 0) is 0 Å². The molecule has 0 amide bonds. The van der Waals surface area contributed by atoms with Crippen LogP contribution in [0, 0.1) is 5.92 Å². The smallest absolute Gasteiger partial charge is 0.191 e. The second-order valence-corrected chi connectivity index (χ2v) is 6.37. The SMILES string of the molecule is CN=C(NCC1CC1)NCC(c1ccc(OC)c(OC)c1)N(C)C.I. The summed E-state index contributed by atoms with van der Waals surface area (Å²) in [7, 11) is 9.27. The van der Waals surface area contributed by atoms with Gasteiger partial charge in [-0.15, -0.1) is 24.0 Å². The Labute approximate surface area is 168 Å². The van der Waals surface area contributed by atoms with Crippen molar-refractivity contribution in [3.8, 4) is 11.5 Å². The van der Waals surface area contributed by atoms with E-state index in [1.807, 2.05) is 19.2 Å². The highest BCUT2D eigenvalue weighted by Crippen LogP contribution is 2.31. The number of hydrogen-bond acceptors (Lipinski definition) is 4. The Kier molecular flexibility index (Phi) is 9.34. The number of guanidine groups is 1. The number of nitrogens with one attached hydrogen (secondary N) is 2. The predicted octanol–water partition coefficient (Wildman–Crippen LogP) is 2.50. The number of nitrogens with zero attached hydrogens (tertiary/aromatic N) is 2. The first-order valence-corrected chi connectivity index (χ1v) is 8.42. The van der Waals surface area contributed by atoms with Gasteiger partial charge in [0.05, 0.1) is 20.3 Å². The van der Waals surface area contributed by atoms with Crippen molar-refractivity contribution in [2.75, 3.05) is 48.5 Å². The van der Waals surface area contributed by atoms with E-state index in [1.165, 1.54) is 18.4 Å². The summed E-state index contributed by atoms with van der Waals surface area (Å²) in [5, 5.41) is 6.82. The molecule has 0 aromatic heterocycles. The fourth-order valence-electron chi connectivity index (χ4n) is 2.64. The largest absolute Gasteiger partial charge is 0.493 e. The van der Waals surface area contributed by atoms with Crippen LogP contribution < -0.4 is 20.1 Å². The van der Waals surface area contributed by atoms with Crippen LogP contribution in [0.5, 0.6) is 11.5 Å². The van der Waals surface area contributed by atoms with Gasteiger partial charge < -0.3 is 25.0 Å². The molecule has 1 atom stereocenters. The van der Waals surface area contributed by atoms with Gasteiger partial charge in [-0.05, 0) is 50.6 Å². The monoisotopic (exact) mass is 462 g/mol. The third kappa shape index (κ3) is 6.54. The second kappa shape index (κ2) is 10.7. The summed E-state index contributed by atoms with van der Waals surface area (Å²) in [4.78, 5) is 6.49. The molecule has 1 aromatic carbocycles. The molecular formula is C18H31IN4O2. The van der Waals surface area contributed by atoms with E-state index in [2.05, 4.69) is 40.7 Å². The molecule has 0 bridgehead atoms. The Bertz CT molecular complexity index is 562. The van der Waals surface area contributed by atoms with Gasteiger partial charge >= 0.3 is 0 Å². The third-order valence-electron chi connectivity index (χ3n) is 4.36. The maximum absolute atomic E-state index is 5.43. The lowest BCUT2D eigenvalue weighted by atomic mass is 10.1. The van der Waals surface area contributed by atoms with Crippen molar-refractivity contribution in [3.63, 3.8) is 0 Å². The van der Waals surface area contributed by atoms with E-state index in [9.17, 15) is 0 Å². The fourth-order valence-corrected chi connectivity index (χ4v) is 2.64. The highest BCUT2D eigenvalue weighted by molar-refractivity contribution is 14.0. The van der Waals surface area contributed by atoms with Crippen LogP contribution in [0.3, 0.4) is 0 Å². The van der Waals surface area contributed by atoms with Crippen molar-refractivity contribution >= 4 is 29.9 Å². The molecule has 1 fully saturated rings. The zero-order valence-electron chi connectivity index (χ0n) is 15.8. The first-order valence-electron chi connectivity index (χ1n) is 8.42. The van der Waals surface area contributed by atoms with Crippen molar-refractivity contribution in [1.29, 1.82) is 0 Å². The van der Waals surface area contributed by atoms with E-state index in [0.717, 1.165) is 36.5 Å². The van der Waals surface area contributed by atoms with Crippen LogP contribution in [0.25, 0.3) is 0 Å².